The minimum Gasteiger partial charge on any atom is -0.387 e. The Kier molecular flexibility index (Phi) is 6.78. The number of aliphatic hydroxyl groups is 1. The van der Waals surface area contributed by atoms with Crippen molar-refractivity contribution in [1.82, 2.24) is 0 Å². The van der Waals surface area contributed by atoms with Crippen LogP contribution in [0.5, 0.6) is 0 Å². The first-order valence-electron chi connectivity index (χ1n) is 9.79. The molecule has 4 rings (SSSR count). The van der Waals surface area contributed by atoms with Gasteiger partial charge in [0, 0.05) is 15.7 Å². The van der Waals surface area contributed by atoms with Crippen LogP contribution in [0.1, 0.15) is 34.6 Å². The Morgan fingerprint density at radius 3 is 1.77 bits per heavy atom. The highest BCUT2D eigenvalue weighted by molar-refractivity contribution is 4.94. The molecule has 4 aliphatic heterocycles. The fourth-order valence-corrected chi connectivity index (χ4v) is 3.88. The second-order valence-corrected chi connectivity index (χ2v) is 8.46. The third-order valence-corrected chi connectivity index (χ3v) is 5.27. The quantitative estimate of drug-likeness (QED) is 0.406. The number of hydrogen-bond donors (Lipinski definition) is 1. The predicted molar refractivity (Wildman–Crippen MR) is 101 cm³/mol. The van der Waals surface area contributed by atoms with Gasteiger partial charge in [-0.15, -0.1) is 0 Å². The van der Waals surface area contributed by atoms with Crippen molar-refractivity contribution in [3.63, 3.8) is 0 Å². The average Bonchev–Trinajstić information content (AvgIpc) is 3.31. The summed E-state index contributed by atoms with van der Waals surface area (Å²) in [6.07, 6.45) is -2.93. The third kappa shape index (κ3) is 4.97. The fourth-order valence-electron chi connectivity index (χ4n) is 3.88. The lowest BCUT2D eigenvalue weighted by atomic mass is 10.0. The zero-order valence-corrected chi connectivity index (χ0v) is 17.6. The highest BCUT2D eigenvalue weighted by Gasteiger charge is 2.54. The van der Waals surface area contributed by atoms with Gasteiger partial charge in [0.2, 0.25) is 0 Å². The van der Waals surface area contributed by atoms with Gasteiger partial charge in [0.15, 0.2) is 24.2 Å². The third-order valence-electron chi connectivity index (χ3n) is 5.27. The van der Waals surface area contributed by atoms with Gasteiger partial charge < -0.3 is 33.5 Å². The van der Waals surface area contributed by atoms with Crippen LogP contribution in [0.2, 0.25) is 0 Å². The largest absolute Gasteiger partial charge is 0.387 e. The molecule has 0 radical (unpaired) electrons. The summed E-state index contributed by atoms with van der Waals surface area (Å²) in [5.41, 5.74) is 16.4. The first kappa shape index (κ1) is 23.0. The fraction of sp³-hybridized carbons (Fsp3) is 1.00. The molecule has 8 atom stereocenters. The SMILES string of the molecule is CC1(C)O[C@H]2O[C@H](CN=[N+]=[N-])[C@H](O)[C@H]2O1.C[C@@H]1[C@H]2OC(C)(C)O[C@H]2O[C@@H]1CN=[N+]=[N-]. The van der Waals surface area contributed by atoms with Crippen molar-refractivity contribution >= 4 is 0 Å². The van der Waals surface area contributed by atoms with Crippen LogP contribution in [-0.2, 0) is 28.4 Å². The van der Waals surface area contributed by atoms with E-state index < -0.39 is 36.2 Å². The highest BCUT2D eigenvalue weighted by atomic mass is 16.8. The molecule has 4 fully saturated rings. The second-order valence-electron chi connectivity index (χ2n) is 8.46. The minimum absolute atomic E-state index is 0.0566. The molecule has 30 heavy (non-hydrogen) atoms. The second kappa shape index (κ2) is 8.83. The van der Waals surface area contributed by atoms with Crippen LogP contribution in [0.4, 0.5) is 0 Å². The van der Waals surface area contributed by atoms with Crippen LogP contribution in [0.15, 0.2) is 10.2 Å². The van der Waals surface area contributed by atoms with E-state index in [1.165, 1.54) is 0 Å². The molecule has 168 valence electrons. The number of ether oxygens (including phenoxy) is 6. The number of azide groups is 2. The van der Waals surface area contributed by atoms with Gasteiger partial charge in [0.05, 0.1) is 25.3 Å². The zero-order chi connectivity index (χ0) is 22.1. The first-order chi connectivity index (χ1) is 14.1. The van der Waals surface area contributed by atoms with Gasteiger partial charge in [-0.3, -0.25) is 0 Å². The van der Waals surface area contributed by atoms with Crippen LogP contribution in [-0.4, -0.2) is 72.9 Å². The maximum Gasteiger partial charge on any atom is 0.190 e. The Balaban J connectivity index is 0.000000171. The van der Waals surface area contributed by atoms with E-state index in [0.29, 0.717) is 6.54 Å². The smallest absolute Gasteiger partial charge is 0.190 e. The molecule has 13 heteroatoms. The van der Waals surface area contributed by atoms with Crippen LogP contribution >= 0.6 is 0 Å². The molecule has 0 spiro atoms. The predicted octanol–water partition coefficient (Wildman–Crippen LogP) is 2.34. The molecule has 1 N–H and O–H groups in total. The van der Waals surface area contributed by atoms with Crippen molar-refractivity contribution < 1.29 is 33.5 Å². The van der Waals surface area contributed by atoms with E-state index in [0.717, 1.165) is 0 Å². The summed E-state index contributed by atoms with van der Waals surface area (Å²) in [4.78, 5) is 5.33. The van der Waals surface area contributed by atoms with E-state index in [2.05, 4.69) is 20.1 Å². The lowest BCUT2D eigenvalue weighted by Crippen LogP contribution is -2.35. The van der Waals surface area contributed by atoms with Gasteiger partial charge in [0.1, 0.15) is 18.3 Å². The number of nitrogens with zero attached hydrogens (tertiary/aromatic N) is 6. The Morgan fingerprint density at radius 1 is 0.800 bits per heavy atom. The normalized spacial score (nSPS) is 42.3. The van der Waals surface area contributed by atoms with Gasteiger partial charge >= 0.3 is 0 Å². The van der Waals surface area contributed by atoms with Crippen molar-refractivity contribution in [3.05, 3.63) is 20.9 Å². The lowest BCUT2D eigenvalue weighted by molar-refractivity contribution is -0.213. The Morgan fingerprint density at radius 2 is 1.27 bits per heavy atom. The van der Waals surface area contributed by atoms with Crippen molar-refractivity contribution in [2.24, 2.45) is 16.1 Å². The molecule has 0 aromatic carbocycles. The minimum atomic E-state index is -0.817. The molecule has 4 heterocycles. The average molecular weight is 428 g/mol. The van der Waals surface area contributed by atoms with Crippen LogP contribution in [0.3, 0.4) is 0 Å². The van der Waals surface area contributed by atoms with Gasteiger partial charge in [-0.1, -0.05) is 17.2 Å². The molecule has 4 saturated heterocycles. The molecular formula is C17H28N6O7. The number of rotatable bonds is 4. The van der Waals surface area contributed by atoms with Crippen LogP contribution < -0.4 is 0 Å². The van der Waals surface area contributed by atoms with Crippen LogP contribution in [0.25, 0.3) is 20.9 Å². The highest BCUT2D eigenvalue weighted by Crippen LogP contribution is 2.40. The molecule has 0 bridgehead atoms. The molecule has 13 nitrogen and oxygen atoms in total. The molecule has 0 aromatic heterocycles. The number of hydrogen-bond acceptors (Lipinski definition) is 9. The van der Waals surface area contributed by atoms with Gasteiger partial charge in [-0.05, 0) is 38.8 Å². The Bertz CT molecular complexity index is 663. The van der Waals surface area contributed by atoms with Gasteiger partial charge in [-0.2, -0.15) is 0 Å². The summed E-state index contributed by atoms with van der Waals surface area (Å²) in [6.45, 7) is 9.67. The molecule has 4 aliphatic rings. The summed E-state index contributed by atoms with van der Waals surface area (Å²) in [5, 5.41) is 16.7. The molecule has 0 amide bonds. The van der Waals surface area contributed by atoms with E-state index in [9.17, 15) is 5.11 Å². The van der Waals surface area contributed by atoms with Crippen molar-refractivity contribution in [2.75, 3.05) is 13.1 Å². The molecular weight excluding hydrogens is 400 g/mol. The van der Waals surface area contributed by atoms with Crippen molar-refractivity contribution in [1.29, 1.82) is 0 Å². The molecule has 0 saturated carbocycles. The molecule has 0 unspecified atom stereocenters. The van der Waals surface area contributed by atoms with E-state index >= 15 is 0 Å². The number of aliphatic hydroxyl groups excluding tert-OH is 1. The van der Waals surface area contributed by atoms with Crippen LogP contribution in [0, 0.1) is 5.92 Å². The number of fused-ring (bicyclic) bond motifs is 2. The van der Waals surface area contributed by atoms with E-state index in [1.54, 1.807) is 13.8 Å². The Hall–Kier alpha value is -1.66. The van der Waals surface area contributed by atoms with E-state index in [4.69, 9.17) is 39.5 Å². The lowest BCUT2D eigenvalue weighted by Gasteiger charge is -2.22. The summed E-state index contributed by atoms with van der Waals surface area (Å²) in [6, 6.07) is 0. The Labute approximate surface area is 173 Å². The molecule has 0 aromatic rings. The summed E-state index contributed by atoms with van der Waals surface area (Å²) >= 11 is 0. The maximum absolute atomic E-state index is 9.80. The van der Waals surface area contributed by atoms with Gasteiger partial charge in [0.25, 0.3) is 0 Å². The first-order valence-corrected chi connectivity index (χ1v) is 9.79. The standard InChI is InChI=1S/C9H15N3O3.C8H13N3O4/c1-5-6(4-11-12-10)13-8-7(5)14-9(2,3)15-8;1-8(2)14-6-5(12)4(3-10-11-9)13-7(6)15-8/h5-8H,4H2,1-3H3;4-7,12H,3H2,1-2H3/t5-,6+,7+,8+;4-,5+,6-,7-/m01/s1. The maximum atomic E-state index is 9.80. The zero-order valence-electron chi connectivity index (χ0n) is 17.6. The summed E-state index contributed by atoms with van der Waals surface area (Å²) in [7, 11) is 0. The topological polar surface area (TPSA) is 173 Å². The summed E-state index contributed by atoms with van der Waals surface area (Å²) in [5.74, 6) is -1.13. The molecule has 0 aliphatic carbocycles. The monoisotopic (exact) mass is 428 g/mol. The summed E-state index contributed by atoms with van der Waals surface area (Å²) < 4.78 is 33.2. The van der Waals surface area contributed by atoms with Crippen molar-refractivity contribution in [2.45, 2.75) is 89.3 Å². The van der Waals surface area contributed by atoms with E-state index in [1.807, 2.05) is 20.8 Å². The van der Waals surface area contributed by atoms with Crippen molar-refractivity contribution in [3.8, 4) is 0 Å². The van der Waals surface area contributed by atoms with E-state index in [-0.39, 0.29) is 31.0 Å². The van der Waals surface area contributed by atoms with Gasteiger partial charge in [-0.25, -0.2) is 0 Å².